The maximum atomic E-state index is 11.2. The number of methoxy groups -OCH3 is 1. The molecule has 0 aliphatic heterocycles. The van der Waals surface area contributed by atoms with E-state index in [0.717, 1.165) is 6.42 Å². The van der Waals surface area contributed by atoms with Crippen LogP contribution in [0.1, 0.15) is 51.3 Å². The van der Waals surface area contributed by atoms with E-state index in [4.69, 9.17) is 14.9 Å². The average molecular weight is 513 g/mol. The molecule has 0 saturated heterocycles. The molecule has 0 amide bonds. The van der Waals surface area contributed by atoms with Gasteiger partial charge in [-0.1, -0.05) is 43.3 Å². The number of aromatic carboxylic acids is 1. The van der Waals surface area contributed by atoms with E-state index in [1.165, 1.54) is 50.4 Å². The molecule has 0 saturated carbocycles. The molecule has 3 aromatic carbocycles. The van der Waals surface area contributed by atoms with Crippen LogP contribution in [0.25, 0.3) is 0 Å². The van der Waals surface area contributed by atoms with Gasteiger partial charge in [-0.3, -0.25) is 4.79 Å². The minimum atomic E-state index is -1.11. The smallest absolute Gasteiger partial charge is 0.341 e. The zero-order valence-electron chi connectivity index (χ0n) is 20.5. The number of phenolic OH excluding ortho intramolecular Hbond substituents is 2. The van der Waals surface area contributed by atoms with Gasteiger partial charge in [0.15, 0.2) is 0 Å². The number of rotatable bonds is 6. The molecule has 0 radical (unpaired) electrons. The minimum Gasteiger partial charge on any atom is -0.507 e. The highest BCUT2D eigenvalue weighted by atomic mass is 16.5. The normalized spacial score (nSPS) is 9.38. The average Bonchev–Trinajstić information content (AvgIpc) is 2.88. The molecule has 0 aromatic heterocycles. The monoisotopic (exact) mass is 512 g/mol. The molecule has 3 rings (SSSR count). The lowest BCUT2D eigenvalue weighted by molar-refractivity contribution is -0.131. The maximum Gasteiger partial charge on any atom is 0.341 e. The van der Waals surface area contributed by atoms with E-state index in [1.54, 1.807) is 36.4 Å². The predicted molar refractivity (Wildman–Crippen MR) is 133 cm³/mol. The number of ether oxygens (including phenoxy) is 3. The summed E-state index contributed by atoms with van der Waals surface area (Å²) in [7, 11) is 1.27. The molecular formula is C27H28O10. The number of phenols is 2. The number of hydrogen-bond acceptors (Lipinski definition) is 9. The van der Waals surface area contributed by atoms with Crippen LogP contribution in [-0.4, -0.2) is 52.9 Å². The van der Waals surface area contributed by atoms with Crippen molar-refractivity contribution >= 4 is 23.9 Å². The SMILES string of the molecule is CC(=O)Oc1ccccc1C(=O)O.CCCOC(=O)c1ccccc1O.COC(=O)c1ccccc1O. The summed E-state index contributed by atoms with van der Waals surface area (Å²) in [6, 6.07) is 18.6. The summed E-state index contributed by atoms with van der Waals surface area (Å²) in [6.45, 7) is 3.52. The summed E-state index contributed by atoms with van der Waals surface area (Å²) in [4.78, 5) is 43.3. The van der Waals surface area contributed by atoms with Crippen LogP contribution in [0.3, 0.4) is 0 Å². The first kappa shape index (κ1) is 30.2. The highest BCUT2D eigenvalue weighted by Crippen LogP contribution is 2.18. The molecule has 196 valence electrons. The van der Waals surface area contributed by atoms with E-state index in [-0.39, 0.29) is 33.9 Å². The van der Waals surface area contributed by atoms with Crippen LogP contribution in [0.4, 0.5) is 0 Å². The van der Waals surface area contributed by atoms with Crippen molar-refractivity contribution in [1.82, 2.24) is 0 Å². The van der Waals surface area contributed by atoms with Crippen LogP contribution in [0.5, 0.6) is 17.2 Å². The third kappa shape index (κ3) is 10.5. The standard InChI is InChI=1S/C10H12O3.C9H8O4.C8H8O3/c1-2-7-13-10(12)8-5-3-4-6-9(8)11;1-6(10)13-8-5-3-2-4-7(8)9(11)12;1-11-8(10)6-4-2-3-5-7(6)9/h3-6,11H,2,7H2,1H3;2-5H,1H3,(H,11,12);2-5,9H,1H3. The second kappa shape index (κ2) is 15.9. The second-order valence-electron chi connectivity index (χ2n) is 7.06. The van der Waals surface area contributed by atoms with Gasteiger partial charge in [-0.2, -0.15) is 0 Å². The van der Waals surface area contributed by atoms with E-state index in [2.05, 4.69) is 9.47 Å². The molecule has 0 heterocycles. The maximum absolute atomic E-state index is 11.2. The second-order valence-corrected chi connectivity index (χ2v) is 7.06. The Bertz CT molecular complexity index is 1200. The van der Waals surface area contributed by atoms with Gasteiger partial charge < -0.3 is 29.5 Å². The van der Waals surface area contributed by atoms with Crippen LogP contribution in [0.2, 0.25) is 0 Å². The molecule has 0 atom stereocenters. The van der Waals surface area contributed by atoms with Crippen LogP contribution in [-0.2, 0) is 14.3 Å². The van der Waals surface area contributed by atoms with E-state index in [9.17, 15) is 24.3 Å². The first-order valence-corrected chi connectivity index (χ1v) is 10.9. The minimum absolute atomic E-state index is 0.0160. The third-order valence-corrected chi connectivity index (χ3v) is 4.24. The summed E-state index contributed by atoms with van der Waals surface area (Å²) in [5.74, 6) is -2.67. The molecule has 10 nitrogen and oxygen atoms in total. The van der Waals surface area contributed by atoms with Gasteiger partial charge in [0.05, 0.1) is 13.7 Å². The predicted octanol–water partition coefficient (Wildman–Crippen LogP) is 4.45. The summed E-state index contributed by atoms with van der Waals surface area (Å²) >= 11 is 0. The Labute approximate surface area is 213 Å². The zero-order chi connectivity index (χ0) is 27.8. The van der Waals surface area contributed by atoms with Gasteiger partial charge in [-0.05, 0) is 42.8 Å². The van der Waals surface area contributed by atoms with Gasteiger partial charge in [0.1, 0.15) is 33.9 Å². The zero-order valence-corrected chi connectivity index (χ0v) is 20.5. The molecule has 0 aliphatic rings. The molecule has 10 heteroatoms. The summed E-state index contributed by atoms with van der Waals surface area (Å²) in [5, 5.41) is 27.1. The Balaban J connectivity index is 0.000000279. The number of carboxylic acid groups (broad SMARTS) is 1. The molecule has 0 spiro atoms. The van der Waals surface area contributed by atoms with Crippen molar-refractivity contribution < 1.29 is 48.7 Å². The number of carboxylic acids is 1. The number of carbonyl (C=O) groups is 4. The Morgan fingerprint density at radius 2 is 1.19 bits per heavy atom. The fourth-order valence-corrected chi connectivity index (χ4v) is 2.56. The fourth-order valence-electron chi connectivity index (χ4n) is 2.56. The number of esters is 3. The van der Waals surface area contributed by atoms with Gasteiger partial charge in [-0.15, -0.1) is 0 Å². The molecule has 0 bridgehead atoms. The molecule has 0 unspecified atom stereocenters. The lowest BCUT2D eigenvalue weighted by Gasteiger charge is -2.03. The molecule has 0 fully saturated rings. The van der Waals surface area contributed by atoms with E-state index >= 15 is 0 Å². The van der Waals surface area contributed by atoms with Crippen molar-refractivity contribution in [2.75, 3.05) is 13.7 Å². The summed E-state index contributed by atoms with van der Waals surface area (Å²) in [5.41, 5.74) is 0.392. The Kier molecular flexibility index (Phi) is 13.0. The van der Waals surface area contributed by atoms with Gasteiger partial charge in [-0.25, -0.2) is 14.4 Å². The number of benzene rings is 3. The van der Waals surface area contributed by atoms with Crippen molar-refractivity contribution in [3.05, 3.63) is 89.5 Å². The van der Waals surface area contributed by atoms with Crippen molar-refractivity contribution in [2.45, 2.75) is 20.3 Å². The Morgan fingerprint density at radius 1 is 0.730 bits per heavy atom. The molecule has 3 N–H and O–H groups in total. The highest BCUT2D eigenvalue weighted by molar-refractivity contribution is 5.93. The number of aromatic hydroxyl groups is 2. The van der Waals surface area contributed by atoms with Crippen LogP contribution in [0.15, 0.2) is 72.8 Å². The molecule has 37 heavy (non-hydrogen) atoms. The van der Waals surface area contributed by atoms with Crippen molar-refractivity contribution in [1.29, 1.82) is 0 Å². The molecule has 3 aromatic rings. The van der Waals surface area contributed by atoms with E-state index in [1.807, 2.05) is 6.92 Å². The lowest BCUT2D eigenvalue weighted by Crippen LogP contribution is -2.06. The molecular weight excluding hydrogens is 484 g/mol. The number of carbonyl (C=O) groups excluding carboxylic acids is 3. The number of para-hydroxylation sites is 3. The first-order valence-electron chi connectivity index (χ1n) is 10.9. The summed E-state index contributed by atoms with van der Waals surface area (Å²) < 4.78 is 14.0. The highest BCUT2D eigenvalue weighted by Gasteiger charge is 2.12. The Hall–Kier alpha value is -4.86. The Morgan fingerprint density at radius 3 is 1.62 bits per heavy atom. The van der Waals surface area contributed by atoms with Crippen LogP contribution in [0, 0.1) is 0 Å². The van der Waals surface area contributed by atoms with Crippen LogP contribution >= 0.6 is 0 Å². The van der Waals surface area contributed by atoms with Gasteiger partial charge >= 0.3 is 23.9 Å². The lowest BCUT2D eigenvalue weighted by atomic mass is 10.2. The van der Waals surface area contributed by atoms with Crippen molar-refractivity contribution in [3.8, 4) is 17.2 Å². The fraction of sp³-hybridized carbons (Fsp3) is 0.185. The van der Waals surface area contributed by atoms with E-state index in [0.29, 0.717) is 6.61 Å². The van der Waals surface area contributed by atoms with Gasteiger partial charge in [0.2, 0.25) is 0 Å². The van der Waals surface area contributed by atoms with Gasteiger partial charge in [0, 0.05) is 6.92 Å². The topological polar surface area (TPSA) is 157 Å². The quantitative estimate of drug-likeness (QED) is 0.318. The van der Waals surface area contributed by atoms with Crippen molar-refractivity contribution in [3.63, 3.8) is 0 Å². The van der Waals surface area contributed by atoms with Crippen LogP contribution < -0.4 is 4.74 Å². The summed E-state index contributed by atoms with van der Waals surface area (Å²) in [6.07, 6.45) is 0.777. The molecule has 0 aliphatic carbocycles. The first-order chi connectivity index (χ1) is 17.6. The number of hydrogen-bond donors (Lipinski definition) is 3. The van der Waals surface area contributed by atoms with E-state index < -0.39 is 23.9 Å². The van der Waals surface area contributed by atoms with Crippen molar-refractivity contribution in [2.24, 2.45) is 0 Å². The van der Waals surface area contributed by atoms with Gasteiger partial charge in [0.25, 0.3) is 0 Å². The third-order valence-electron chi connectivity index (χ3n) is 4.24. The largest absolute Gasteiger partial charge is 0.507 e.